The number of hydrogen-bond donors (Lipinski definition) is 3. The van der Waals surface area contributed by atoms with Crippen molar-refractivity contribution >= 4 is 11.8 Å². The van der Waals surface area contributed by atoms with E-state index in [4.69, 9.17) is 4.74 Å². The molecule has 0 aliphatic rings. The average molecular weight is 344 g/mol. The second-order valence-corrected chi connectivity index (χ2v) is 5.16. The number of hydrogen-bond acceptors (Lipinski definition) is 5. The van der Waals surface area contributed by atoms with Crippen LogP contribution in [0.2, 0.25) is 0 Å². The van der Waals surface area contributed by atoms with Crippen LogP contribution in [0.5, 0.6) is 5.75 Å². The fourth-order valence-electron chi connectivity index (χ4n) is 2.07. The van der Waals surface area contributed by atoms with Gasteiger partial charge in [-0.25, -0.2) is 5.10 Å². The number of aromatic nitrogens is 2. The molecule has 0 fully saturated rings. The van der Waals surface area contributed by atoms with Gasteiger partial charge in [0.1, 0.15) is 11.4 Å². The molecule has 0 atom stereocenters. The zero-order chi connectivity index (χ0) is 18.1. The third-order valence-corrected chi connectivity index (χ3v) is 3.36. The van der Waals surface area contributed by atoms with Crippen LogP contribution in [0.4, 0.5) is 0 Å². The molecular formula is C17H20N4O4. The van der Waals surface area contributed by atoms with E-state index in [9.17, 15) is 14.4 Å². The number of H-pyrrole nitrogens is 1. The van der Waals surface area contributed by atoms with Gasteiger partial charge in [-0.3, -0.25) is 14.4 Å². The van der Waals surface area contributed by atoms with Crippen molar-refractivity contribution in [3.05, 3.63) is 58.0 Å². The zero-order valence-electron chi connectivity index (χ0n) is 13.9. The summed E-state index contributed by atoms with van der Waals surface area (Å²) in [5, 5.41) is 11.0. The van der Waals surface area contributed by atoms with Crippen LogP contribution < -0.4 is 20.9 Å². The van der Waals surface area contributed by atoms with Crippen molar-refractivity contribution in [1.29, 1.82) is 0 Å². The Morgan fingerprint density at radius 1 is 1.12 bits per heavy atom. The molecule has 2 aromatic rings. The maximum Gasteiger partial charge on any atom is 0.271 e. The summed E-state index contributed by atoms with van der Waals surface area (Å²) in [6.07, 6.45) is 0.822. The minimum Gasteiger partial charge on any atom is -0.483 e. The number of ether oxygens (including phenoxy) is 1. The third-order valence-electron chi connectivity index (χ3n) is 3.36. The van der Waals surface area contributed by atoms with Gasteiger partial charge >= 0.3 is 0 Å². The Bertz CT molecular complexity index is 768. The molecule has 0 saturated heterocycles. The summed E-state index contributed by atoms with van der Waals surface area (Å²) in [5.74, 6) is -0.0152. The first-order chi connectivity index (χ1) is 12.1. The Morgan fingerprint density at radius 2 is 1.88 bits per heavy atom. The van der Waals surface area contributed by atoms with Gasteiger partial charge in [0.25, 0.3) is 17.4 Å². The summed E-state index contributed by atoms with van der Waals surface area (Å²) >= 11 is 0. The largest absolute Gasteiger partial charge is 0.483 e. The first-order valence-electron chi connectivity index (χ1n) is 7.91. The fourth-order valence-corrected chi connectivity index (χ4v) is 2.07. The predicted molar refractivity (Wildman–Crippen MR) is 91.5 cm³/mol. The van der Waals surface area contributed by atoms with Crippen molar-refractivity contribution in [2.45, 2.75) is 13.3 Å². The Hall–Kier alpha value is -3.16. The highest BCUT2D eigenvalue weighted by Gasteiger charge is 2.08. The maximum absolute atomic E-state index is 11.8. The number of carbonyl (C=O) groups excluding carboxylic acids is 2. The summed E-state index contributed by atoms with van der Waals surface area (Å²) < 4.78 is 5.51. The quantitative estimate of drug-likeness (QED) is 0.595. The molecule has 1 aromatic heterocycles. The van der Waals surface area contributed by atoms with Crippen molar-refractivity contribution in [3.8, 4) is 5.75 Å². The molecule has 1 aromatic carbocycles. The molecular weight excluding hydrogens is 324 g/mol. The normalized spacial score (nSPS) is 10.1. The van der Waals surface area contributed by atoms with Gasteiger partial charge in [-0.05, 0) is 24.1 Å². The van der Waals surface area contributed by atoms with Gasteiger partial charge < -0.3 is 15.4 Å². The average Bonchev–Trinajstić information content (AvgIpc) is 2.64. The maximum atomic E-state index is 11.8. The number of para-hydroxylation sites is 1. The Labute approximate surface area is 144 Å². The lowest BCUT2D eigenvalue weighted by Gasteiger charge is -2.10. The Balaban J connectivity index is 1.67. The van der Waals surface area contributed by atoms with Crippen LogP contribution in [0.3, 0.4) is 0 Å². The number of benzene rings is 1. The van der Waals surface area contributed by atoms with Crippen molar-refractivity contribution in [2.24, 2.45) is 0 Å². The fraction of sp³-hybridized carbons (Fsp3) is 0.294. The highest BCUT2D eigenvalue weighted by molar-refractivity contribution is 5.92. The Kier molecular flexibility index (Phi) is 6.70. The zero-order valence-corrected chi connectivity index (χ0v) is 13.9. The van der Waals surface area contributed by atoms with Crippen LogP contribution in [0, 0.1) is 0 Å². The lowest BCUT2D eigenvalue weighted by molar-refractivity contribution is -0.123. The van der Waals surface area contributed by atoms with E-state index in [0.717, 1.165) is 12.0 Å². The minimum absolute atomic E-state index is 0.0908. The number of rotatable bonds is 8. The summed E-state index contributed by atoms with van der Waals surface area (Å²) in [6, 6.07) is 10.1. The van der Waals surface area contributed by atoms with Crippen molar-refractivity contribution in [2.75, 3.05) is 19.7 Å². The lowest BCUT2D eigenvalue weighted by Crippen LogP contribution is -2.37. The summed E-state index contributed by atoms with van der Waals surface area (Å²) in [6.45, 7) is 2.41. The van der Waals surface area contributed by atoms with Gasteiger partial charge in [0.2, 0.25) is 0 Å². The molecule has 8 nitrogen and oxygen atoms in total. The highest BCUT2D eigenvalue weighted by atomic mass is 16.5. The molecule has 0 unspecified atom stereocenters. The molecule has 1 heterocycles. The molecule has 0 saturated carbocycles. The van der Waals surface area contributed by atoms with E-state index < -0.39 is 5.91 Å². The van der Waals surface area contributed by atoms with E-state index >= 15 is 0 Å². The van der Waals surface area contributed by atoms with Crippen molar-refractivity contribution in [3.63, 3.8) is 0 Å². The predicted octanol–water partition coefficient (Wildman–Crippen LogP) is 0.257. The number of amides is 2. The smallest absolute Gasteiger partial charge is 0.271 e. The molecule has 2 amide bonds. The van der Waals surface area contributed by atoms with Gasteiger partial charge in [-0.2, -0.15) is 5.10 Å². The van der Waals surface area contributed by atoms with Gasteiger partial charge in [0.05, 0.1) is 0 Å². The molecule has 25 heavy (non-hydrogen) atoms. The molecule has 0 bridgehead atoms. The van der Waals surface area contributed by atoms with Crippen LogP contribution in [-0.4, -0.2) is 41.7 Å². The molecule has 132 valence electrons. The minimum atomic E-state index is -0.432. The molecule has 8 heteroatoms. The molecule has 0 spiro atoms. The van der Waals surface area contributed by atoms with Crippen LogP contribution >= 0.6 is 0 Å². The lowest BCUT2D eigenvalue weighted by atomic mass is 10.1. The second-order valence-electron chi connectivity index (χ2n) is 5.16. The van der Waals surface area contributed by atoms with Crippen molar-refractivity contribution < 1.29 is 14.3 Å². The highest BCUT2D eigenvalue weighted by Crippen LogP contribution is 2.17. The van der Waals surface area contributed by atoms with Crippen LogP contribution in [0.15, 0.2) is 41.2 Å². The standard InChI is InChI=1S/C17H20N4O4/c1-2-12-5-3-4-6-14(12)25-11-16(23)18-9-10-19-17(24)13-7-8-15(22)21-20-13/h3-8H,2,9-11H2,1H3,(H,18,23)(H,19,24)(H,21,22). The Morgan fingerprint density at radius 3 is 2.60 bits per heavy atom. The van der Waals surface area contributed by atoms with Gasteiger partial charge in [0.15, 0.2) is 6.61 Å². The molecule has 0 aliphatic heterocycles. The van der Waals surface area contributed by atoms with E-state index in [1.165, 1.54) is 12.1 Å². The molecule has 0 aliphatic carbocycles. The number of carbonyl (C=O) groups is 2. The van der Waals surface area contributed by atoms with E-state index in [0.29, 0.717) is 5.75 Å². The number of nitrogens with one attached hydrogen (secondary N) is 3. The first-order valence-corrected chi connectivity index (χ1v) is 7.91. The van der Waals surface area contributed by atoms with Crippen LogP contribution in [0.25, 0.3) is 0 Å². The summed E-state index contributed by atoms with van der Waals surface area (Å²) in [4.78, 5) is 34.4. The molecule has 2 rings (SSSR count). The van der Waals surface area contributed by atoms with E-state index in [-0.39, 0.29) is 36.9 Å². The van der Waals surface area contributed by atoms with Gasteiger partial charge in [-0.15, -0.1) is 0 Å². The van der Waals surface area contributed by atoms with Gasteiger partial charge in [0, 0.05) is 19.2 Å². The summed E-state index contributed by atoms with van der Waals surface area (Å²) in [5.41, 5.74) is 0.759. The monoisotopic (exact) mass is 344 g/mol. The van der Waals surface area contributed by atoms with Crippen molar-refractivity contribution in [1.82, 2.24) is 20.8 Å². The molecule has 0 radical (unpaired) electrons. The van der Waals surface area contributed by atoms with E-state index in [2.05, 4.69) is 20.8 Å². The summed E-state index contributed by atoms with van der Waals surface area (Å²) in [7, 11) is 0. The molecule has 3 N–H and O–H groups in total. The van der Waals surface area contributed by atoms with E-state index in [1.54, 1.807) is 0 Å². The number of aromatic amines is 1. The van der Waals surface area contributed by atoms with Gasteiger partial charge in [-0.1, -0.05) is 25.1 Å². The number of nitrogens with zero attached hydrogens (tertiary/aromatic N) is 1. The SMILES string of the molecule is CCc1ccccc1OCC(=O)NCCNC(=O)c1ccc(=O)[nH]n1. The number of aryl methyl sites for hydroxylation is 1. The van der Waals surface area contributed by atoms with Crippen LogP contribution in [0.1, 0.15) is 23.0 Å². The first kappa shape index (κ1) is 18.2. The topological polar surface area (TPSA) is 113 Å². The third kappa shape index (κ3) is 5.76. The second kappa shape index (κ2) is 9.21. The van der Waals surface area contributed by atoms with E-state index in [1.807, 2.05) is 31.2 Å². The van der Waals surface area contributed by atoms with Crippen LogP contribution in [-0.2, 0) is 11.2 Å².